The maximum absolute atomic E-state index is 5.68. The van der Waals surface area contributed by atoms with Crippen molar-refractivity contribution in [2.75, 3.05) is 5.73 Å². The third-order valence-electron chi connectivity index (χ3n) is 1.50. The summed E-state index contributed by atoms with van der Waals surface area (Å²) in [6, 6.07) is 6.09. The van der Waals surface area contributed by atoms with Crippen molar-refractivity contribution < 1.29 is 0 Å². The third kappa shape index (κ3) is 1.51. The summed E-state index contributed by atoms with van der Waals surface area (Å²) in [5, 5.41) is 0.872. The molecule has 0 aliphatic carbocycles. The first-order chi connectivity index (χ1) is 4.74. The first-order valence-corrected chi connectivity index (χ1v) is 4.27. The Morgan fingerprint density at radius 2 is 2.20 bits per heavy atom. The van der Waals surface area contributed by atoms with Crippen molar-refractivity contribution in [1.82, 2.24) is 0 Å². The van der Waals surface area contributed by atoms with Gasteiger partial charge >= 0.3 is 0 Å². The van der Waals surface area contributed by atoms with Crippen molar-refractivity contribution in [1.29, 1.82) is 0 Å². The van der Waals surface area contributed by atoms with Crippen LogP contribution >= 0.6 is 15.9 Å². The van der Waals surface area contributed by atoms with Gasteiger partial charge in [0.1, 0.15) is 0 Å². The van der Waals surface area contributed by atoms with Gasteiger partial charge in [-0.3, -0.25) is 0 Å². The molecule has 0 radical (unpaired) electrons. The van der Waals surface area contributed by atoms with Crippen LogP contribution in [0, 0.1) is 6.92 Å². The van der Waals surface area contributed by atoms with E-state index in [4.69, 9.17) is 5.73 Å². The summed E-state index contributed by atoms with van der Waals surface area (Å²) in [5.74, 6) is 0. The highest BCUT2D eigenvalue weighted by atomic mass is 79.9. The second-order valence-corrected chi connectivity index (χ2v) is 2.89. The van der Waals surface area contributed by atoms with Gasteiger partial charge in [0.25, 0.3) is 0 Å². The van der Waals surface area contributed by atoms with Gasteiger partial charge in [0, 0.05) is 11.0 Å². The molecule has 10 heavy (non-hydrogen) atoms. The Balaban J connectivity index is 3.04. The van der Waals surface area contributed by atoms with E-state index in [1.54, 1.807) is 0 Å². The molecule has 1 aromatic carbocycles. The first kappa shape index (κ1) is 7.61. The predicted molar refractivity (Wildman–Crippen MR) is 48.2 cm³/mol. The van der Waals surface area contributed by atoms with Crippen molar-refractivity contribution in [2.24, 2.45) is 0 Å². The lowest BCUT2D eigenvalue weighted by molar-refractivity contribution is 1.38. The molecule has 0 saturated carbocycles. The largest absolute Gasteiger partial charge is 0.399 e. The zero-order valence-electron chi connectivity index (χ0n) is 5.89. The minimum atomic E-state index is 0.872. The number of benzene rings is 1. The van der Waals surface area contributed by atoms with Crippen molar-refractivity contribution >= 4 is 21.6 Å². The Labute approximate surface area is 69.4 Å². The Hall–Kier alpha value is -0.500. The zero-order valence-corrected chi connectivity index (χ0v) is 7.48. The van der Waals surface area contributed by atoms with Crippen LogP contribution in [0.3, 0.4) is 0 Å². The Bertz CT molecular complexity index is 233. The summed E-state index contributed by atoms with van der Waals surface area (Å²) in [6.07, 6.45) is 0. The number of rotatable bonds is 1. The highest BCUT2D eigenvalue weighted by Gasteiger charge is 1.93. The summed E-state index contributed by atoms with van der Waals surface area (Å²) in [4.78, 5) is 0. The average molecular weight is 200 g/mol. The fourth-order valence-electron chi connectivity index (χ4n) is 0.773. The molecule has 0 aliphatic heterocycles. The summed E-state index contributed by atoms with van der Waals surface area (Å²) >= 11 is 3.36. The van der Waals surface area contributed by atoms with Crippen molar-refractivity contribution in [2.45, 2.75) is 12.3 Å². The van der Waals surface area contributed by atoms with E-state index in [-0.39, 0.29) is 0 Å². The molecule has 0 saturated heterocycles. The molecular formula is C8H10BrN. The van der Waals surface area contributed by atoms with E-state index >= 15 is 0 Å². The molecule has 0 amide bonds. The number of hydrogen-bond acceptors (Lipinski definition) is 1. The summed E-state index contributed by atoms with van der Waals surface area (Å²) < 4.78 is 0. The SMILES string of the molecule is Cc1ccc(CBr)cc1N. The first-order valence-electron chi connectivity index (χ1n) is 3.15. The third-order valence-corrected chi connectivity index (χ3v) is 2.15. The van der Waals surface area contributed by atoms with Gasteiger partial charge in [-0.15, -0.1) is 0 Å². The number of anilines is 1. The second kappa shape index (κ2) is 3.06. The van der Waals surface area contributed by atoms with E-state index in [2.05, 4.69) is 22.0 Å². The van der Waals surface area contributed by atoms with E-state index in [0.717, 1.165) is 16.6 Å². The second-order valence-electron chi connectivity index (χ2n) is 2.32. The van der Waals surface area contributed by atoms with Crippen LogP contribution in [0.1, 0.15) is 11.1 Å². The van der Waals surface area contributed by atoms with Gasteiger partial charge in [-0.25, -0.2) is 0 Å². The van der Waals surface area contributed by atoms with Crippen LogP contribution in [0.4, 0.5) is 5.69 Å². The molecule has 1 nitrogen and oxygen atoms in total. The molecule has 1 aromatic rings. The Kier molecular flexibility index (Phi) is 2.33. The number of alkyl halides is 1. The smallest absolute Gasteiger partial charge is 0.0346 e. The van der Waals surface area contributed by atoms with Gasteiger partial charge in [-0.2, -0.15) is 0 Å². The lowest BCUT2D eigenvalue weighted by Crippen LogP contribution is -1.90. The predicted octanol–water partition coefficient (Wildman–Crippen LogP) is 2.47. The highest BCUT2D eigenvalue weighted by Crippen LogP contribution is 2.14. The number of aryl methyl sites for hydroxylation is 1. The zero-order chi connectivity index (χ0) is 7.56. The monoisotopic (exact) mass is 199 g/mol. The van der Waals surface area contributed by atoms with Gasteiger partial charge in [0.2, 0.25) is 0 Å². The van der Waals surface area contributed by atoms with E-state index in [1.807, 2.05) is 19.1 Å². The van der Waals surface area contributed by atoms with E-state index < -0.39 is 0 Å². The van der Waals surface area contributed by atoms with Crippen LogP contribution in [-0.4, -0.2) is 0 Å². The molecule has 0 unspecified atom stereocenters. The molecule has 2 heteroatoms. The molecule has 0 atom stereocenters. The average Bonchev–Trinajstić information content (AvgIpc) is 1.95. The molecule has 0 aromatic heterocycles. The van der Waals surface area contributed by atoms with Gasteiger partial charge in [0.15, 0.2) is 0 Å². The van der Waals surface area contributed by atoms with Crippen molar-refractivity contribution in [3.63, 3.8) is 0 Å². The van der Waals surface area contributed by atoms with Gasteiger partial charge in [0.05, 0.1) is 0 Å². The molecule has 0 heterocycles. The van der Waals surface area contributed by atoms with Crippen molar-refractivity contribution in [3.8, 4) is 0 Å². The summed E-state index contributed by atoms with van der Waals surface area (Å²) in [6.45, 7) is 2.01. The lowest BCUT2D eigenvalue weighted by Gasteiger charge is -2.00. The molecular weight excluding hydrogens is 190 g/mol. The lowest BCUT2D eigenvalue weighted by atomic mass is 10.1. The topological polar surface area (TPSA) is 26.0 Å². The molecule has 54 valence electrons. The fraction of sp³-hybridized carbons (Fsp3) is 0.250. The van der Waals surface area contributed by atoms with E-state index in [1.165, 1.54) is 5.56 Å². The van der Waals surface area contributed by atoms with Crippen LogP contribution < -0.4 is 5.73 Å². The molecule has 0 spiro atoms. The van der Waals surface area contributed by atoms with E-state index in [9.17, 15) is 0 Å². The van der Waals surface area contributed by atoms with Gasteiger partial charge in [-0.05, 0) is 24.1 Å². The minimum Gasteiger partial charge on any atom is -0.399 e. The normalized spacial score (nSPS) is 9.80. The standard InChI is InChI=1S/C8H10BrN/c1-6-2-3-7(5-9)4-8(6)10/h2-4H,5,10H2,1H3. The Morgan fingerprint density at radius 3 is 2.70 bits per heavy atom. The fourth-order valence-corrected chi connectivity index (χ4v) is 1.12. The number of hydrogen-bond donors (Lipinski definition) is 1. The number of nitrogen functional groups attached to an aromatic ring is 1. The van der Waals surface area contributed by atoms with Crippen LogP contribution in [-0.2, 0) is 5.33 Å². The Morgan fingerprint density at radius 1 is 1.50 bits per heavy atom. The summed E-state index contributed by atoms with van der Waals surface area (Å²) in [5.41, 5.74) is 8.92. The molecule has 0 aliphatic rings. The quantitative estimate of drug-likeness (QED) is 0.546. The van der Waals surface area contributed by atoms with Crippen molar-refractivity contribution in [3.05, 3.63) is 29.3 Å². The van der Waals surface area contributed by atoms with Crippen LogP contribution in [0.2, 0.25) is 0 Å². The van der Waals surface area contributed by atoms with Gasteiger partial charge < -0.3 is 5.73 Å². The van der Waals surface area contributed by atoms with Gasteiger partial charge in [-0.1, -0.05) is 28.1 Å². The summed E-state index contributed by atoms with van der Waals surface area (Å²) in [7, 11) is 0. The number of halogens is 1. The maximum Gasteiger partial charge on any atom is 0.0346 e. The maximum atomic E-state index is 5.68. The van der Waals surface area contributed by atoms with Crippen LogP contribution in [0.15, 0.2) is 18.2 Å². The number of nitrogens with two attached hydrogens (primary N) is 1. The van der Waals surface area contributed by atoms with E-state index in [0.29, 0.717) is 0 Å². The molecule has 1 rings (SSSR count). The minimum absolute atomic E-state index is 0.872. The molecule has 0 fully saturated rings. The van der Waals surface area contributed by atoms with Crippen LogP contribution in [0.25, 0.3) is 0 Å². The molecule has 0 bridgehead atoms. The van der Waals surface area contributed by atoms with Crippen LogP contribution in [0.5, 0.6) is 0 Å². The highest BCUT2D eigenvalue weighted by molar-refractivity contribution is 9.08. The molecule has 2 N–H and O–H groups in total.